The number of hydrogen-bond acceptors (Lipinski definition) is 5. The molecular weight excluding hydrogens is 515 g/mol. The average Bonchev–Trinajstić information content (AvgIpc) is 3.55. The van der Waals surface area contributed by atoms with Gasteiger partial charge in [0.2, 0.25) is 0 Å². The minimum Gasteiger partial charge on any atom is -0.365 e. The van der Waals surface area contributed by atoms with Gasteiger partial charge in [-0.1, -0.05) is 23.7 Å². The number of pyridine rings is 1. The van der Waals surface area contributed by atoms with Crippen molar-refractivity contribution in [2.24, 2.45) is 0 Å². The molecule has 1 aliphatic rings. The third-order valence-corrected chi connectivity index (χ3v) is 6.05. The molecule has 0 atom stereocenters. The zero-order valence-corrected chi connectivity index (χ0v) is 19.6. The van der Waals surface area contributed by atoms with E-state index in [0.717, 1.165) is 6.21 Å². The summed E-state index contributed by atoms with van der Waals surface area (Å²) in [6.07, 6.45) is -7.60. The summed E-state index contributed by atoms with van der Waals surface area (Å²) in [6.45, 7) is 2.46. The zero-order chi connectivity index (χ0) is 27.1. The van der Waals surface area contributed by atoms with Crippen molar-refractivity contribution in [1.82, 2.24) is 4.98 Å². The monoisotopic (exact) mass is 533 g/mol. The van der Waals surface area contributed by atoms with Crippen LogP contribution >= 0.6 is 11.6 Å². The van der Waals surface area contributed by atoms with Gasteiger partial charge < -0.3 is 16.0 Å². The molecule has 1 saturated carbocycles. The summed E-state index contributed by atoms with van der Waals surface area (Å²) in [4.78, 5) is 4.04. The Morgan fingerprint density at radius 3 is 2.08 bits per heavy atom. The number of rotatable bonds is 7. The van der Waals surface area contributed by atoms with E-state index in [2.05, 4.69) is 21.7 Å². The first-order valence-corrected chi connectivity index (χ1v) is 10.7. The van der Waals surface area contributed by atoms with Crippen molar-refractivity contribution in [1.29, 1.82) is 10.7 Å². The second kappa shape index (κ2) is 9.28. The minimum absolute atomic E-state index is 0.0811. The van der Waals surface area contributed by atoms with Crippen LogP contribution < -0.4 is 10.6 Å². The molecule has 3 N–H and O–H groups in total. The number of allylic oxidation sites excluding steroid dienone is 1. The Hall–Kier alpha value is -3.33. The molecule has 0 aliphatic heterocycles. The van der Waals surface area contributed by atoms with Crippen LogP contribution in [-0.4, -0.2) is 29.1 Å². The quantitative estimate of drug-likeness (QED) is 0.199. The van der Waals surface area contributed by atoms with Crippen molar-refractivity contribution in [2.75, 3.05) is 10.6 Å². The smallest absolute Gasteiger partial charge is 0.365 e. The second-order valence-electron chi connectivity index (χ2n) is 8.41. The number of nitrogens with zero attached hydrogens (tertiary/aromatic N) is 2. The van der Waals surface area contributed by atoms with Crippen molar-refractivity contribution in [3.8, 4) is 6.07 Å². The summed E-state index contributed by atoms with van der Waals surface area (Å²) in [6, 6.07) is 4.67. The number of nitriles is 1. The standard InChI is InChI=1S/C23H19ClF7N5/c1-12-5-16(21(25,22(26,27)28)23(29,30)31)6-13(2)18(12)34-10-15(8-32)14-7-17(19(24)35-9-14)36-20(11-33)3-4-20/h5-10,32,34,36H,3-4H2,1-2H3/b15-10+,32-8?. The number of benzene rings is 1. The van der Waals surface area contributed by atoms with E-state index in [-0.39, 0.29) is 27.5 Å². The molecule has 0 radical (unpaired) electrons. The van der Waals surface area contributed by atoms with E-state index in [1.807, 2.05) is 0 Å². The molecule has 5 nitrogen and oxygen atoms in total. The van der Waals surface area contributed by atoms with Gasteiger partial charge in [0.1, 0.15) is 5.54 Å². The number of anilines is 2. The Morgan fingerprint density at radius 2 is 1.64 bits per heavy atom. The summed E-state index contributed by atoms with van der Waals surface area (Å²) in [5, 5.41) is 22.9. The van der Waals surface area contributed by atoms with Gasteiger partial charge in [-0.2, -0.15) is 31.6 Å². The largest absolute Gasteiger partial charge is 0.435 e. The van der Waals surface area contributed by atoms with Gasteiger partial charge in [-0.25, -0.2) is 9.37 Å². The molecule has 192 valence electrons. The third kappa shape index (κ3) is 4.97. The Bertz CT molecular complexity index is 1220. The molecule has 0 saturated heterocycles. The Balaban J connectivity index is 1.95. The van der Waals surface area contributed by atoms with Crippen LogP contribution in [0.1, 0.15) is 35.1 Å². The van der Waals surface area contributed by atoms with Crippen LogP contribution in [-0.2, 0) is 5.67 Å². The van der Waals surface area contributed by atoms with Crippen molar-refractivity contribution in [2.45, 2.75) is 50.2 Å². The van der Waals surface area contributed by atoms with Crippen molar-refractivity contribution in [3.05, 3.63) is 58.0 Å². The molecule has 3 rings (SSSR count). The normalized spacial score (nSPS) is 15.8. The van der Waals surface area contributed by atoms with Crippen LogP contribution in [0.4, 0.5) is 42.1 Å². The summed E-state index contributed by atoms with van der Waals surface area (Å²) >= 11 is 6.10. The zero-order valence-electron chi connectivity index (χ0n) is 18.8. The first-order chi connectivity index (χ1) is 16.6. The van der Waals surface area contributed by atoms with E-state index in [1.54, 1.807) is 6.07 Å². The Labute approximate surface area is 206 Å². The highest BCUT2D eigenvalue weighted by molar-refractivity contribution is 6.32. The van der Waals surface area contributed by atoms with Gasteiger partial charge in [0.15, 0.2) is 5.15 Å². The number of nitrogens with one attached hydrogen (secondary N) is 3. The molecule has 13 heteroatoms. The fourth-order valence-electron chi connectivity index (χ4n) is 3.58. The van der Waals surface area contributed by atoms with Crippen LogP contribution in [0, 0.1) is 30.6 Å². The highest BCUT2D eigenvalue weighted by atomic mass is 35.5. The maximum absolute atomic E-state index is 14.5. The lowest BCUT2D eigenvalue weighted by atomic mass is 9.90. The van der Waals surface area contributed by atoms with Crippen LogP contribution in [0.15, 0.2) is 30.6 Å². The second-order valence-corrected chi connectivity index (χ2v) is 8.77. The summed E-state index contributed by atoms with van der Waals surface area (Å²) in [7, 11) is 0. The van der Waals surface area contributed by atoms with Gasteiger partial charge in [0.25, 0.3) is 0 Å². The molecule has 2 aromatic rings. The maximum Gasteiger partial charge on any atom is 0.435 e. The van der Waals surface area contributed by atoms with E-state index < -0.39 is 29.1 Å². The van der Waals surface area contributed by atoms with Crippen LogP contribution in [0.5, 0.6) is 0 Å². The van der Waals surface area contributed by atoms with Gasteiger partial charge in [-0.3, -0.25) is 0 Å². The number of aromatic nitrogens is 1. The lowest BCUT2D eigenvalue weighted by Crippen LogP contribution is -2.50. The summed E-state index contributed by atoms with van der Waals surface area (Å²) in [5.41, 5.74) is -6.91. The Morgan fingerprint density at radius 1 is 1.08 bits per heavy atom. The van der Waals surface area contributed by atoms with Crippen molar-refractivity contribution in [3.63, 3.8) is 0 Å². The molecular formula is C23H19ClF7N5. The Kier molecular flexibility index (Phi) is 7.02. The summed E-state index contributed by atoms with van der Waals surface area (Å²) in [5.74, 6) is 0. The molecule has 36 heavy (non-hydrogen) atoms. The van der Waals surface area contributed by atoms with E-state index in [4.69, 9.17) is 17.0 Å². The SMILES string of the molecule is Cc1cc(C(F)(C(F)(F)F)C(F)(F)F)cc(C)c1N/C=C(\C=N)c1cnc(Cl)c(NC2(C#N)CC2)c1. The molecule has 1 heterocycles. The molecule has 1 aromatic carbocycles. The number of halogens is 8. The maximum atomic E-state index is 14.5. The molecule has 0 spiro atoms. The van der Waals surface area contributed by atoms with E-state index in [1.165, 1.54) is 26.2 Å². The summed E-state index contributed by atoms with van der Waals surface area (Å²) < 4.78 is 93.3. The van der Waals surface area contributed by atoms with Gasteiger partial charge in [0.05, 0.1) is 11.8 Å². The number of aryl methyl sites for hydroxylation is 2. The highest BCUT2D eigenvalue weighted by Crippen LogP contribution is 2.53. The number of hydrogen-bond donors (Lipinski definition) is 3. The lowest BCUT2D eigenvalue weighted by molar-refractivity contribution is -0.348. The molecule has 0 unspecified atom stereocenters. The van der Waals surface area contributed by atoms with Crippen molar-refractivity contribution < 1.29 is 30.7 Å². The lowest BCUT2D eigenvalue weighted by Gasteiger charge is -2.31. The predicted octanol–water partition coefficient (Wildman–Crippen LogP) is 7.21. The van der Waals surface area contributed by atoms with Gasteiger partial charge in [-0.05, 0) is 43.9 Å². The predicted molar refractivity (Wildman–Crippen MR) is 122 cm³/mol. The van der Waals surface area contributed by atoms with Gasteiger partial charge in [-0.15, -0.1) is 0 Å². The minimum atomic E-state index is -6.22. The van der Waals surface area contributed by atoms with Crippen LogP contribution in [0.25, 0.3) is 5.57 Å². The first-order valence-electron chi connectivity index (χ1n) is 10.3. The van der Waals surface area contributed by atoms with Crippen LogP contribution in [0.2, 0.25) is 5.15 Å². The molecule has 1 fully saturated rings. The molecule has 1 aromatic heterocycles. The van der Waals surface area contributed by atoms with E-state index in [0.29, 0.717) is 36.2 Å². The average molecular weight is 534 g/mol. The van der Waals surface area contributed by atoms with Crippen molar-refractivity contribution >= 4 is 34.8 Å². The van der Waals surface area contributed by atoms with E-state index >= 15 is 0 Å². The van der Waals surface area contributed by atoms with Crippen LogP contribution in [0.3, 0.4) is 0 Å². The molecule has 0 amide bonds. The van der Waals surface area contributed by atoms with Gasteiger partial charge >= 0.3 is 18.0 Å². The van der Waals surface area contributed by atoms with E-state index in [9.17, 15) is 36.0 Å². The molecule has 1 aliphatic carbocycles. The topological polar surface area (TPSA) is 84.6 Å². The number of alkyl halides is 7. The fraction of sp³-hybridized carbons (Fsp3) is 0.348. The molecule has 0 bridgehead atoms. The fourth-order valence-corrected chi connectivity index (χ4v) is 3.73. The third-order valence-electron chi connectivity index (χ3n) is 5.75. The highest BCUT2D eigenvalue weighted by Gasteiger charge is 2.73. The first kappa shape index (κ1) is 27.3. The van der Waals surface area contributed by atoms with Gasteiger partial charge in [0, 0.05) is 41.0 Å².